The minimum atomic E-state index is -4.52. The van der Waals surface area contributed by atoms with Gasteiger partial charge in [0, 0.05) is 47.3 Å². The maximum Gasteiger partial charge on any atom is 0.417 e. The van der Waals surface area contributed by atoms with Crippen LogP contribution in [0.25, 0.3) is 28.2 Å². The number of ether oxygens (including phenoxy) is 1. The Morgan fingerprint density at radius 3 is 2.52 bits per heavy atom. The second kappa shape index (κ2) is 11.4. The van der Waals surface area contributed by atoms with Crippen LogP contribution in [0.3, 0.4) is 0 Å². The van der Waals surface area contributed by atoms with Crippen molar-refractivity contribution in [3.63, 3.8) is 0 Å². The average molecular weight is 640 g/mol. The van der Waals surface area contributed by atoms with Crippen molar-refractivity contribution in [3.05, 3.63) is 76.7 Å². The molecule has 7 rings (SSSR count). The number of hydrogen-bond donors (Lipinski definition) is 1. The van der Waals surface area contributed by atoms with Crippen LogP contribution in [0, 0.1) is 5.41 Å². The van der Waals surface area contributed by atoms with Gasteiger partial charge in [-0.1, -0.05) is 28.9 Å². The zero-order valence-electron chi connectivity index (χ0n) is 24.6. The van der Waals surface area contributed by atoms with Gasteiger partial charge in [-0.05, 0) is 74.3 Å². The van der Waals surface area contributed by atoms with E-state index in [-0.39, 0.29) is 34.0 Å². The Morgan fingerprint density at radius 2 is 1.85 bits per heavy atom. The molecule has 2 aromatic heterocycles. The number of anilines is 1. The van der Waals surface area contributed by atoms with Crippen LogP contribution in [0.2, 0.25) is 0 Å². The highest BCUT2D eigenvalue weighted by Gasteiger charge is 2.44. The molecule has 3 heterocycles. The molecule has 2 aromatic carbocycles. The van der Waals surface area contributed by atoms with Crippen LogP contribution in [-0.2, 0) is 6.18 Å². The molecule has 4 aromatic rings. The summed E-state index contributed by atoms with van der Waals surface area (Å²) in [4.78, 5) is 17.8. The maximum atomic E-state index is 13.8. The van der Waals surface area contributed by atoms with Gasteiger partial charge in [-0.15, -0.1) is 0 Å². The number of alkyl halides is 5. The first-order valence-corrected chi connectivity index (χ1v) is 15.2. The van der Waals surface area contributed by atoms with Crippen molar-refractivity contribution >= 4 is 28.6 Å². The molecule has 3 aliphatic rings. The molecule has 46 heavy (non-hydrogen) atoms. The first-order chi connectivity index (χ1) is 22.0. The molecule has 3 fully saturated rings. The van der Waals surface area contributed by atoms with Crippen LogP contribution in [-0.4, -0.2) is 47.3 Å². The lowest BCUT2D eigenvalue weighted by Gasteiger charge is -2.50. The number of pyridine rings is 1. The van der Waals surface area contributed by atoms with E-state index in [1.165, 1.54) is 18.2 Å². The Morgan fingerprint density at radius 1 is 1.11 bits per heavy atom. The summed E-state index contributed by atoms with van der Waals surface area (Å²) in [6.45, 7) is 0.632. The second-order valence-corrected chi connectivity index (χ2v) is 12.5. The molecule has 7 nitrogen and oxygen atoms in total. The third-order valence-electron chi connectivity index (χ3n) is 9.27. The minimum Gasteiger partial charge on any atom is -0.487 e. The van der Waals surface area contributed by atoms with Crippen molar-refractivity contribution in [1.29, 1.82) is 0 Å². The number of carboxylic acids is 1. The molecule has 2 aliphatic carbocycles. The molecule has 2 saturated carbocycles. The van der Waals surface area contributed by atoms with Gasteiger partial charge in [-0.3, -0.25) is 0 Å². The first kappa shape index (κ1) is 30.2. The molecule has 1 N–H and O–H groups in total. The smallest absolute Gasteiger partial charge is 0.417 e. The highest BCUT2D eigenvalue weighted by atomic mass is 19.4. The SMILES string of the molecule is O=C(O)c1cc(OCC(F)F)c2cc(N3CCC4(CC3)CC(=Cc3c(-c5ccccc5C(F)(F)F)noc3C3CC3)C4)ccc2n1. The number of carboxylic acid groups (broad SMARTS) is 1. The predicted octanol–water partition coefficient (Wildman–Crippen LogP) is 8.59. The van der Waals surface area contributed by atoms with Gasteiger partial charge in [-0.2, -0.15) is 13.2 Å². The Labute approximate surface area is 260 Å². The number of aromatic nitrogens is 2. The number of allylic oxidation sites excluding steroid dienone is 1. The van der Waals surface area contributed by atoms with E-state index in [4.69, 9.17) is 9.26 Å². The number of rotatable bonds is 8. The molecular formula is C34H30F5N3O4. The molecule has 0 atom stereocenters. The van der Waals surface area contributed by atoms with E-state index in [2.05, 4.69) is 15.0 Å². The van der Waals surface area contributed by atoms with Gasteiger partial charge in [-0.25, -0.2) is 18.6 Å². The van der Waals surface area contributed by atoms with Crippen LogP contribution >= 0.6 is 0 Å². The summed E-state index contributed by atoms with van der Waals surface area (Å²) < 4.78 is 78.2. The van der Waals surface area contributed by atoms with Crippen LogP contribution in [0.15, 0.2) is 58.6 Å². The van der Waals surface area contributed by atoms with Crippen molar-refractivity contribution < 1.29 is 41.1 Å². The number of fused-ring (bicyclic) bond motifs is 1. The Hall–Kier alpha value is -4.48. The molecular weight excluding hydrogens is 609 g/mol. The van der Waals surface area contributed by atoms with Crippen molar-refractivity contribution in [2.45, 2.75) is 57.0 Å². The largest absolute Gasteiger partial charge is 0.487 e. The van der Waals surface area contributed by atoms with E-state index in [1.807, 2.05) is 12.1 Å². The summed E-state index contributed by atoms with van der Waals surface area (Å²) in [5.41, 5.74) is 2.33. The molecule has 12 heteroatoms. The number of benzene rings is 2. The minimum absolute atomic E-state index is 0.0207. The van der Waals surface area contributed by atoms with Gasteiger partial charge in [0.2, 0.25) is 0 Å². The monoisotopic (exact) mass is 639 g/mol. The molecule has 0 amide bonds. The number of halogens is 5. The molecule has 0 radical (unpaired) electrons. The third kappa shape index (κ3) is 5.80. The fraction of sp³-hybridized carbons (Fsp3) is 0.382. The van der Waals surface area contributed by atoms with Gasteiger partial charge in [0.1, 0.15) is 23.8 Å². The third-order valence-corrected chi connectivity index (χ3v) is 9.27. The van der Waals surface area contributed by atoms with Crippen LogP contribution in [0.5, 0.6) is 5.75 Å². The fourth-order valence-electron chi connectivity index (χ4n) is 6.79. The van der Waals surface area contributed by atoms with Gasteiger partial charge in [0.15, 0.2) is 5.69 Å². The molecule has 1 spiro atoms. The van der Waals surface area contributed by atoms with E-state index < -0.39 is 30.7 Å². The predicted molar refractivity (Wildman–Crippen MR) is 160 cm³/mol. The lowest BCUT2D eigenvalue weighted by atomic mass is 9.60. The van der Waals surface area contributed by atoms with Gasteiger partial charge < -0.3 is 19.3 Å². The molecule has 1 saturated heterocycles. The van der Waals surface area contributed by atoms with E-state index >= 15 is 0 Å². The Kier molecular flexibility index (Phi) is 7.48. The number of piperidine rings is 1. The number of hydrogen-bond acceptors (Lipinski definition) is 6. The summed E-state index contributed by atoms with van der Waals surface area (Å²) in [6, 6.07) is 11.9. The standard InChI is InChI=1S/C34H30F5N3O4/c35-29(36)18-45-28-15-27(32(43)44)40-26-8-7-21(14-23(26)28)42-11-9-33(10-12-42)16-19(17-33)13-24-30(41-46-31(24)20-5-6-20)22-3-1-2-4-25(22)34(37,38)39/h1-4,7-8,13-15,20,29H,5-6,9-12,16-18H2,(H,43,44). The van der Waals surface area contributed by atoms with E-state index in [9.17, 15) is 31.9 Å². The quantitative estimate of drug-likeness (QED) is 0.193. The van der Waals surface area contributed by atoms with E-state index in [0.717, 1.165) is 68.9 Å². The zero-order chi connectivity index (χ0) is 32.2. The van der Waals surface area contributed by atoms with Crippen LogP contribution in [0.4, 0.5) is 27.6 Å². The van der Waals surface area contributed by atoms with Crippen molar-refractivity contribution in [2.75, 3.05) is 24.6 Å². The average Bonchev–Trinajstić information content (AvgIpc) is 3.78. The lowest BCUT2D eigenvalue weighted by Crippen LogP contribution is -2.44. The summed E-state index contributed by atoms with van der Waals surface area (Å²) in [7, 11) is 0. The summed E-state index contributed by atoms with van der Waals surface area (Å²) in [6.07, 6.45) is 0.0837. The van der Waals surface area contributed by atoms with Gasteiger partial charge in [0.25, 0.3) is 6.43 Å². The Balaban J connectivity index is 1.08. The normalized spacial score (nSPS) is 17.9. The lowest BCUT2D eigenvalue weighted by molar-refractivity contribution is -0.137. The fourth-order valence-corrected chi connectivity index (χ4v) is 6.79. The number of nitrogens with zero attached hydrogens (tertiary/aromatic N) is 3. The van der Waals surface area contributed by atoms with Crippen molar-refractivity contribution in [3.8, 4) is 17.0 Å². The Bertz CT molecular complexity index is 1830. The zero-order valence-corrected chi connectivity index (χ0v) is 24.6. The highest BCUT2D eigenvalue weighted by Crippen LogP contribution is 2.54. The highest BCUT2D eigenvalue weighted by molar-refractivity contribution is 5.94. The maximum absolute atomic E-state index is 13.8. The summed E-state index contributed by atoms with van der Waals surface area (Å²) in [5.74, 6) is -0.396. The van der Waals surface area contributed by atoms with Gasteiger partial charge in [0.05, 0.1) is 11.1 Å². The topological polar surface area (TPSA) is 88.7 Å². The van der Waals surface area contributed by atoms with E-state index in [1.54, 1.807) is 18.2 Å². The molecule has 0 unspecified atom stereocenters. The summed E-state index contributed by atoms with van der Waals surface area (Å²) in [5, 5.41) is 14.0. The number of carbonyl (C=O) groups is 1. The molecule has 0 bridgehead atoms. The number of aromatic carboxylic acids is 1. The van der Waals surface area contributed by atoms with Crippen molar-refractivity contribution in [1.82, 2.24) is 10.1 Å². The van der Waals surface area contributed by atoms with Gasteiger partial charge >= 0.3 is 12.1 Å². The van der Waals surface area contributed by atoms with Crippen LogP contribution in [0.1, 0.15) is 71.8 Å². The summed E-state index contributed by atoms with van der Waals surface area (Å²) >= 11 is 0. The first-order valence-electron chi connectivity index (χ1n) is 15.2. The van der Waals surface area contributed by atoms with E-state index in [0.29, 0.717) is 22.2 Å². The van der Waals surface area contributed by atoms with Crippen molar-refractivity contribution in [2.24, 2.45) is 5.41 Å². The second-order valence-electron chi connectivity index (χ2n) is 12.5. The van der Waals surface area contributed by atoms with Crippen LogP contribution < -0.4 is 9.64 Å². The molecule has 240 valence electrons. The molecule has 1 aliphatic heterocycles.